The Kier molecular flexibility index (Phi) is 5.18. The van der Waals surface area contributed by atoms with Crippen LogP contribution in [0.2, 0.25) is 0 Å². The largest absolute Gasteiger partial charge is 0.497 e. The molecule has 0 saturated carbocycles. The number of fused-ring (bicyclic) bond motifs is 1. The highest BCUT2D eigenvalue weighted by Crippen LogP contribution is 2.47. The molecule has 0 aromatic heterocycles. The Hall–Kier alpha value is -2.67. The second-order valence-corrected chi connectivity index (χ2v) is 9.01. The maximum absolute atomic E-state index is 13.4. The minimum Gasteiger partial charge on any atom is -0.497 e. The van der Waals surface area contributed by atoms with Crippen molar-refractivity contribution in [2.24, 2.45) is 0 Å². The zero-order valence-electron chi connectivity index (χ0n) is 17.1. The maximum Gasteiger partial charge on any atom is 0.252 e. The highest BCUT2D eigenvalue weighted by Gasteiger charge is 2.51. The molecule has 2 aromatic carbocycles. The number of rotatable bonds is 4. The topological polar surface area (TPSA) is 66.9 Å². The molecule has 2 aromatic rings. The molecule has 0 aliphatic carbocycles. The van der Waals surface area contributed by atoms with Gasteiger partial charge in [0.15, 0.2) is 0 Å². The molecule has 2 aliphatic heterocycles. The Morgan fingerprint density at radius 3 is 2.47 bits per heavy atom. The van der Waals surface area contributed by atoms with E-state index < -0.39 is 11.5 Å². The molecule has 3 amide bonds. The number of hydrogen-bond acceptors (Lipinski definition) is 4. The van der Waals surface area contributed by atoms with Crippen molar-refractivity contribution in [2.75, 3.05) is 12.0 Å². The van der Waals surface area contributed by atoms with Crippen LogP contribution in [0, 0.1) is 0 Å². The number of ether oxygens (including phenoxy) is 1. The maximum atomic E-state index is 13.4. The summed E-state index contributed by atoms with van der Waals surface area (Å²) >= 11 is 3.56. The summed E-state index contributed by atoms with van der Waals surface area (Å²) in [4.78, 5) is 42.1. The lowest BCUT2D eigenvalue weighted by molar-refractivity contribution is -0.150. The van der Waals surface area contributed by atoms with Crippen LogP contribution in [0.4, 0.5) is 5.69 Å². The van der Waals surface area contributed by atoms with Gasteiger partial charge in [-0.2, -0.15) is 0 Å². The summed E-state index contributed by atoms with van der Waals surface area (Å²) in [5.41, 5.74) is 1.69. The average molecular weight is 471 g/mol. The number of hydrogen-bond donors (Lipinski definition) is 0. The van der Waals surface area contributed by atoms with Crippen LogP contribution in [0.3, 0.4) is 0 Å². The van der Waals surface area contributed by atoms with Crippen molar-refractivity contribution < 1.29 is 19.1 Å². The van der Waals surface area contributed by atoms with Crippen molar-refractivity contribution in [1.29, 1.82) is 0 Å². The number of anilines is 1. The monoisotopic (exact) mass is 470 g/mol. The van der Waals surface area contributed by atoms with E-state index in [9.17, 15) is 14.4 Å². The number of halogens is 1. The fourth-order valence-corrected chi connectivity index (χ4v) is 5.15. The molecule has 2 heterocycles. The molecular weight excluding hydrogens is 448 g/mol. The Labute approximate surface area is 183 Å². The number of nitrogens with zero attached hydrogens (tertiary/aromatic N) is 2. The summed E-state index contributed by atoms with van der Waals surface area (Å²) < 4.78 is 6.01. The summed E-state index contributed by atoms with van der Waals surface area (Å²) in [5, 5.41) is 0. The number of piperidine rings is 1. The molecule has 1 fully saturated rings. The van der Waals surface area contributed by atoms with E-state index in [-0.39, 0.29) is 30.7 Å². The SMILES string of the molecule is COc1ccc(CN2C(=O)CCC(N3C(=O)C(C)(C)c4c(Br)cccc43)C2=O)cc1. The van der Waals surface area contributed by atoms with Gasteiger partial charge in [0.2, 0.25) is 11.8 Å². The number of methoxy groups -OCH3 is 1. The standard InChI is InChI=1S/C23H23BrN2O4/c1-23(2)20-16(24)5-4-6-17(20)26(22(23)29)18-11-12-19(27)25(21(18)28)13-14-7-9-15(30-3)10-8-14/h4-10,18H,11-13H2,1-3H3. The molecule has 0 bridgehead atoms. The van der Waals surface area contributed by atoms with Crippen molar-refractivity contribution in [2.45, 2.75) is 44.7 Å². The summed E-state index contributed by atoms with van der Waals surface area (Å²) in [5.74, 6) is 0.0352. The van der Waals surface area contributed by atoms with E-state index >= 15 is 0 Å². The van der Waals surface area contributed by atoms with Gasteiger partial charge < -0.3 is 4.74 Å². The van der Waals surface area contributed by atoms with Gasteiger partial charge in [0.25, 0.3) is 5.91 Å². The van der Waals surface area contributed by atoms with E-state index in [2.05, 4.69) is 15.9 Å². The van der Waals surface area contributed by atoms with Crippen LogP contribution in [-0.4, -0.2) is 35.8 Å². The second kappa shape index (κ2) is 7.54. The number of carbonyl (C=O) groups excluding carboxylic acids is 3. The Bertz CT molecular complexity index is 1030. The van der Waals surface area contributed by atoms with Crippen molar-refractivity contribution in [3.63, 3.8) is 0 Å². The van der Waals surface area contributed by atoms with Crippen LogP contribution in [0.25, 0.3) is 0 Å². The van der Waals surface area contributed by atoms with Crippen LogP contribution in [0.1, 0.15) is 37.8 Å². The van der Waals surface area contributed by atoms with E-state index in [4.69, 9.17) is 4.74 Å². The molecule has 1 saturated heterocycles. The molecule has 0 N–H and O–H groups in total. The first kappa shape index (κ1) is 20.6. The lowest BCUT2D eigenvalue weighted by Gasteiger charge is -2.36. The van der Waals surface area contributed by atoms with E-state index in [0.29, 0.717) is 12.2 Å². The Balaban J connectivity index is 1.65. The van der Waals surface area contributed by atoms with Crippen LogP contribution in [0.15, 0.2) is 46.9 Å². The Morgan fingerprint density at radius 1 is 1.10 bits per heavy atom. The predicted octanol–water partition coefficient (Wildman–Crippen LogP) is 3.80. The number of amides is 3. The van der Waals surface area contributed by atoms with Crippen LogP contribution < -0.4 is 9.64 Å². The van der Waals surface area contributed by atoms with Crippen molar-refractivity contribution >= 4 is 39.3 Å². The van der Waals surface area contributed by atoms with Gasteiger partial charge in [0.05, 0.1) is 19.1 Å². The van der Waals surface area contributed by atoms with Gasteiger partial charge >= 0.3 is 0 Å². The highest BCUT2D eigenvalue weighted by atomic mass is 79.9. The number of benzene rings is 2. The molecular formula is C23H23BrN2O4. The highest BCUT2D eigenvalue weighted by molar-refractivity contribution is 9.10. The second-order valence-electron chi connectivity index (χ2n) is 8.15. The fourth-order valence-electron chi connectivity index (χ4n) is 4.30. The quantitative estimate of drug-likeness (QED) is 0.637. The van der Waals surface area contributed by atoms with Gasteiger partial charge in [-0.25, -0.2) is 0 Å². The number of imide groups is 1. The van der Waals surface area contributed by atoms with Crippen LogP contribution in [-0.2, 0) is 26.3 Å². The molecule has 1 unspecified atom stereocenters. The third-order valence-corrected chi connectivity index (χ3v) is 6.59. The van der Waals surface area contributed by atoms with Crippen LogP contribution >= 0.6 is 15.9 Å². The van der Waals surface area contributed by atoms with E-state index in [0.717, 1.165) is 21.3 Å². The molecule has 2 aliphatic rings. The molecule has 156 valence electrons. The smallest absolute Gasteiger partial charge is 0.252 e. The van der Waals surface area contributed by atoms with Gasteiger partial charge in [0, 0.05) is 22.1 Å². The zero-order valence-corrected chi connectivity index (χ0v) is 18.7. The predicted molar refractivity (Wildman–Crippen MR) is 116 cm³/mol. The van der Waals surface area contributed by atoms with Crippen LogP contribution in [0.5, 0.6) is 5.75 Å². The molecule has 1 atom stereocenters. The first-order valence-corrected chi connectivity index (χ1v) is 10.6. The van der Waals surface area contributed by atoms with E-state index in [1.54, 1.807) is 24.1 Å². The van der Waals surface area contributed by atoms with Crippen molar-refractivity contribution in [3.8, 4) is 5.75 Å². The zero-order chi connectivity index (χ0) is 21.6. The van der Waals surface area contributed by atoms with Gasteiger partial charge in [-0.15, -0.1) is 0 Å². The first-order chi connectivity index (χ1) is 14.3. The summed E-state index contributed by atoms with van der Waals surface area (Å²) in [6, 6.07) is 12.2. The molecule has 0 spiro atoms. The van der Waals surface area contributed by atoms with E-state index in [1.807, 2.05) is 44.2 Å². The van der Waals surface area contributed by atoms with Gasteiger partial charge in [0.1, 0.15) is 11.8 Å². The summed E-state index contributed by atoms with van der Waals surface area (Å²) in [6.07, 6.45) is 0.546. The molecule has 0 radical (unpaired) electrons. The summed E-state index contributed by atoms with van der Waals surface area (Å²) in [6.45, 7) is 3.91. The molecule has 7 heteroatoms. The van der Waals surface area contributed by atoms with E-state index in [1.165, 1.54) is 4.90 Å². The third-order valence-electron chi connectivity index (χ3n) is 5.92. The summed E-state index contributed by atoms with van der Waals surface area (Å²) in [7, 11) is 1.59. The van der Waals surface area contributed by atoms with Gasteiger partial charge in [-0.3, -0.25) is 24.2 Å². The lowest BCUT2D eigenvalue weighted by Crippen LogP contribution is -2.56. The third kappa shape index (κ3) is 3.21. The minimum atomic E-state index is -0.752. The van der Waals surface area contributed by atoms with Gasteiger partial charge in [-0.1, -0.05) is 34.1 Å². The Morgan fingerprint density at radius 2 is 1.80 bits per heavy atom. The number of carbonyl (C=O) groups is 3. The minimum absolute atomic E-state index is 0.124. The van der Waals surface area contributed by atoms with Gasteiger partial charge in [-0.05, 0) is 50.1 Å². The fraction of sp³-hybridized carbons (Fsp3) is 0.348. The number of likely N-dealkylation sites (tertiary alicyclic amines) is 1. The van der Waals surface area contributed by atoms with Crippen molar-refractivity contribution in [3.05, 3.63) is 58.1 Å². The first-order valence-electron chi connectivity index (χ1n) is 9.85. The molecule has 4 rings (SSSR count). The molecule has 30 heavy (non-hydrogen) atoms. The lowest BCUT2D eigenvalue weighted by atomic mass is 9.86. The molecule has 6 nitrogen and oxygen atoms in total. The average Bonchev–Trinajstić information content (AvgIpc) is 2.93. The van der Waals surface area contributed by atoms with Crippen molar-refractivity contribution in [1.82, 2.24) is 4.90 Å². The normalized spacial score (nSPS) is 20.5.